The molecule has 0 unspecified atom stereocenters. The van der Waals surface area contributed by atoms with Crippen molar-refractivity contribution in [3.8, 4) is 0 Å². The smallest absolute Gasteiger partial charge is 0.246 e. The monoisotopic (exact) mass is 295 g/mol. The van der Waals surface area contributed by atoms with Crippen molar-refractivity contribution in [1.29, 1.82) is 0 Å². The molecule has 21 heavy (non-hydrogen) atoms. The third-order valence-electron chi connectivity index (χ3n) is 4.68. The number of rotatable bonds is 4. The van der Waals surface area contributed by atoms with E-state index in [1.165, 1.54) is 0 Å². The van der Waals surface area contributed by atoms with Crippen molar-refractivity contribution in [2.24, 2.45) is 0 Å². The predicted molar refractivity (Wildman–Crippen MR) is 78.6 cm³/mol. The largest absolute Gasteiger partial charge is 0.343 e. The van der Waals surface area contributed by atoms with Crippen molar-refractivity contribution in [2.45, 2.75) is 69.6 Å². The lowest BCUT2D eigenvalue weighted by Gasteiger charge is -2.34. The number of hydrogen-bond donors (Lipinski definition) is 2. The first-order valence-corrected chi connectivity index (χ1v) is 7.83. The van der Waals surface area contributed by atoms with E-state index in [0.717, 1.165) is 38.4 Å². The van der Waals surface area contributed by atoms with Gasteiger partial charge in [-0.2, -0.15) is 0 Å². The van der Waals surface area contributed by atoms with E-state index in [9.17, 15) is 14.4 Å². The van der Waals surface area contributed by atoms with Gasteiger partial charge in [0.05, 0.1) is 12.1 Å². The van der Waals surface area contributed by atoms with Gasteiger partial charge in [-0.1, -0.05) is 12.8 Å². The first kappa shape index (κ1) is 15.9. The number of aldehydes is 1. The van der Waals surface area contributed by atoms with E-state index in [2.05, 4.69) is 10.6 Å². The molecule has 2 fully saturated rings. The summed E-state index contributed by atoms with van der Waals surface area (Å²) in [5.74, 6) is -0.263. The summed E-state index contributed by atoms with van der Waals surface area (Å²) in [5, 5.41) is 5.71. The highest BCUT2D eigenvalue weighted by atomic mass is 16.2. The van der Waals surface area contributed by atoms with E-state index >= 15 is 0 Å². The van der Waals surface area contributed by atoms with Gasteiger partial charge in [0.2, 0.25) is 11.8 Å². The Balaban J connectivity index is 2.11. The first-order chi connectivity index (χ1) is 10.1. The van der Waals surface area contributed by atoms with E-state index in [-0.39, 0.29) is 29.9 Å². The minimum atomic E-state index is -0.503. The number of nitrogens with one attached hydrogen (secondary N) is 2. The predicted octanol–water partition coefficient (Wildman–Crippen LogP) is 0.212. The van der Waals surface area contributed by atoms with Gasteiger partial charge in [0, 0.05) is 6.04 Å². The molecular formula is C15H25N3O3. The Labute approximate surface area is 125 Å². The number of likely N-dealkylation sites (N-methyl/N-ethyl adjacent to an activating group) is 1. The van der Waals surface area contributed by atoms with Crippen LogP contribution in [0.15, 0.2) is 0 Å². The molecule has 0 aromatic carbocycles. The first-order valence-electron chi connectivity index (χ1n) is 7.83. The number of amides is 2. The van der Waals surface area contributed by atoms with Crippen molar-refractivity contribution >= 4 is 18.1 Å². The maximum absolute atomic E-state index is 12.7. The molecule has 0 radical (unpaired) electrons. The Morgan fingerprint density at radius 2 is 2.00 bits per heavy atom. The van der Waals surface area contributed by atoms with Crippen LogP contribution >= 0.6 is 0 Å². The molecular weight excluding hydrogens is 270 g/mol. The highest BCUT2D eigenvalue weighted by Crippen LogP contribution is 2.30. The second-order valence-electron chi connectivity index (χ2n) is 6.04. The van der Waals surface area contributed by atoms with Crippen LogP contribution in [0.4, 0.5) is 0 Å². The molecule has 2 saturated heterocycles. The summed E-state index contributed by atoms with van der Waals surface area (Å²) in [6, 6.07) is -0.994. The van der Waals surface area contributed by atoms with Crippen LogP contribution < -0.4 is 10.6 Å². The summed E-state index contributed by atoms with van der Waals surface area (Å²) in [5.41, 5.74) is 0. The molecule has 4 atom stereocenters. The number of carbonyl (C=O) groups excluding carboxylic acids is 3. The summed E-state index contributed by atoms with van der Waals surface area (Å²) in [7, 11) is 1.71. The molecule has 2 aliphatic heterocycles. The maximum atomic E-state index is 12.7. The second-order valence-corrected chi connectivity index (χ2v) is 6.04. The van der Waals surface area contributed by atoms with E-state index < -0.39 is 6.04 Å². The van der Waals surface area contributed by atoms with Gasteiger partial charge >= 0.3 is 0 Å². The molecule has 0 spiro atoms. The molecule has 6 nitrogen and oxygen atoms in total. The number of hydrogen-bond acceptors (Lipinski definition) is 4. The maximum Gasteiger partial charge on any atom is 0.246 e. The quantitative estimate of drug-likeness (QED) is 0.727. The zero-order valence-corrected chi connectivity index (χ0v) is 12.8. The van der Waals surface area contributed by atoms with Gasteiger partial charge in [-0.15, -0.1) is 0 Å². The molecule has 0 aliphatic carbocycles. The zero-order chi connectivity index (χ0) is 15.4. The van der Waals surface area contributed by atoms with Crippen molar-refractivity contribution < 1.29 is 14.4 Å². The SMILES string of the molecule is CN[C@@H](C)C(=O)N[C@H]1CCCC[C@H]2CC[C@@H](C=O)N2C1=O. The third kappa shape index (κ3) is 3.43. The summed E-state index contributed by atoms with van der Waals surface area (Å²) in [4.78, 5) is 37.7. The Morgan fingerprint density at radius 3 is 2.67 bits per heavy atom. The Bertz CT molecular complexity index is 413. The third-order valence-corrected chi connectivity index (χ3v) is 4.68. The summed E-state index contributed by atoms with van der Waals surface area (Å²) in [6.07, 6.45) is 6.08. The Hall–Kier alpha value is -1.43. The lowest BCUT2D eigenvalue weighted by molar-refractivity contribution is -0.141. The molecule has 2 aliphatic rings. The molecule has 2 rings (SSSR count). The highest BCUT2D eigenvalue weighted by molar-refractivity contribution is 5.91. The van der Waals surface area contributed by atoms with Crippen LogP contribution in [0.25, 0.3) is 0 Å². The fourth-order valence-corrected chi connectivity index (χ4v) is 3.27. The van der Waals surface area contributed by atoms with Crippen molar-refractivity contribution in [3.63, 3.8) is 0 Å². The number of nitrogens with zero attached hydrogens (tertiary/aromatic N) is 1. The molecule has 0 aromatic rings. The summed E-state index contributed by atoms with van der Waals surface area (Å²) >= 11 is 0. The fraction of sp³-hybridized carbons (Fsp3) is 0.800. The van der Waals surface area contributed by atoms with Crippen LogP contribution in [-0.2, 0) is 14.4 Å². The van der Waals surface area contributed by atoms with Gasteiger partial charge in [0.15, 0.2) is 0 Å². The summed E-state index contributed by atoms with van der Waals surface area (Å²) < 4.78 is 0. The van der Waals surface area contributed by atoms with Crippen molar-refractivity contribution in [3.05, 3.63) is 0 Å². The van der Waals surface area contributed by atoms with Gasteiger partial charge in [-0.05, 0) is 39.7 Å². The Kier molecular flexibility index (Phi) is 5.33. The van der Waals surface area contributed by atoms with Crippen LogP contribution in [0.1, 0.15) is 45.4 Å². The van der Waals surface area contributed by atoms with Gasteiger partial charge < -0.3 is 20.3 Å². The average Bonchev–Trinajstić information content (AvgIpc) is 2.89. The zero-order valence-electron chi connectivity index (χ0n) is 12.8. The lowest BCUT2D eigenvalue weighted by atomic mass is 9.98. The number of fused-ring (bicyclic) bond motifs is 1. The molecule has 0 bridgehead atoms. The minimum absolute atomic E-state index is 0.0917. The van der Waals surface area contributed by atoms with E-state index in [0.29, 0.717) is 6.42 Å². The van der Waals surface area contributed by atoms with E-state index in [1.54, 1.807) is 18.9 Å². The number of carbonyl (C=O) groups is 3. The summed E-state index contributed by atoms with van der Waals surface area (Å²) in [6.45, 7) is 1.76. The van der Waals surface area contributed by atoms with E-state index in [4.69, 9.17) is 0 Å². The van der Waals surface area contributed by atoms with Crippen LogP contribution in [0.2, 0.25) is 0 Å². The van der Waals surface area contributed by atoms with Crippen LogP contribution in [0, 0.1) is 0 Å². The standard InChI is InChI=1S/C15H25N3O3/c1-10(16-2)14(20)17-13-6-4-3-5-11-7-8-12(9-19)18(11)15(13)21/h9-13,16H,3-8H2,1-2H3,(H,17,20)/t10-,11-,12-,13-/m0/s1. The minimum Gasteiger partial charge on any atom is -0.343 e. The van der Waals surface area contributed by atoms with Gasteiger partial charge in [0.25, 0.3) is 0 Å². The van der Waals surface area contributed by atoms with Crippen LogP contribution in [0.3, 0.4) is 0 Å². The van der Waals surface area contributed by atoms with Gasteiger partial charge in [-0.3, -0.25) is 9.59 Å². The second kappa shape index (κ2) is 7.02. The van der Waals surface area contributed by atoms with Gasteiger partial charge in [-0.25, -0.2) is 0 Å². The highest BCUT2D eigenvalue weighted by Gasteiger charge is 2.40. The molecule has 2 heterocycles. The van der Waals surface area contributed by atoms with Gasteiger partial charge in [0.1, 0.15) is 12.3 Å². The molecule has 6 heteroatoms. The average molecular weight is 295 g/mol. The molecule has 0 aromatic heterocycles. The van der Waals surface area contributed by atoms with Crippen molar-refractivity contribution in [1.82, 2.24) is 15.5 Å². The Morgan fingerprint density at radius 1 is 1.29 bits per heavy atom. The topological polar surface area (TPSA) is 78.5 Å². The normalized spacial score (nSPS) is 31.0. The van der Waals surface area contributed by atoms with Crippen LogP contribution in [0.5, 0.6) is 0 Å². The molecule has 118 valence electrons. The molecule has 0 saturated carbocycles. The molecule has 2 N–H and O–H groups in total. The lowest BCUT2D eigenvalue weighted by Crippen LogP contribution is -2.55. The fourth-order valence-electron chi connectivity index (χ4n) is 3.27. The van der Waals surface area contributed by atoms with E-state index in [1.807, 2.05) is 0 Å². The van der Waals surface area contributed by atoms with Crippen LogP contribution in [-0.4, -0.2) is 54.2 Å². The molecule has 2 amide bonds. The van der Waals surface area contributed by atoms with Crippen molar-refractivity contribution in [2.75, 3.05) is 7.05 Å².